The zero-order chi connectivity index (χ0) is 14.5. The van der Waals surface area contributed by atoms with E-state index in [1.54, 1.807) is 13.2 Å². The van der Waals surface area contributed by atoms with Crippen LogP contribution in [-0.2, 0) is 16.3 Å². The molecule has 0 spiro atoms. The van der Waals surface area contributed by atoms with Gasteiger partial charge in [0, 0.05) is 12.3 Å². The van der Waals surface area contributed by atoms with Crippen molar-refractivity contribution in [3.05, 3.63) is 23.8 Å². The fourth-order valence-corrected chi connectivity index (χ4v) is 2.02. The van der Waals surface area contributed by atoms with Crippen LogP contribution in [0.5, 0.6) is 11.5 Å². The average molecular weight is 287 g/mol. The zero-order valence-electron chi connectivity index (χ0n) is 11.5. The molecule has 0 aliphatic carbocycles. The van der Waals surface area contributed by atoms with Crippen LogP contribution in [-0.4, -0.2) is 40.2 Å². The van der Waals surface area contributed by atoms with E-state index < -0.39 is 9.84 Å². The first-order valence-corrected chi connectivity index (χ1v) is 8.11. The number of rotatable bonds is 7. The van der Waals surface area contributed by atoms with Crippen molar-refractivity contribution in [3.63, 3.8) is 0 Å². The number of ether oxygens (including phenoxy) is 2. The molecule has 0 aliphatic rings. The molecule has 0 amide bonds. The number of benzene rings is 1. The minimum atomic E-state index is -3.02. The van der Waals surface area contributed by atoms with Crippen molar-refractivity contribution in [3.8, 4) is 11.5 Å². The molecule has 6 heteroatoms. The summed E-state index contributed by atoms with van der Waals surface area (Å²) in [6.07, 6.45) is 1.93. The van der Waals surface area contributed by atoms with E-state index in [9.17, 15) is 8.42 Å². The normalized spacial score (nSPS) is 13.1. The quantitative estimate of drug-likeness (QED) is 0.809. The van der Waals surface area contributed by atoms with E-state index in [2.05, 4.69) is 0 Å². The van der Waals surface area contributed by atoms with Crippen LogP contribution in [0.15, 0.2) is 18.2 Å². The number of nitrogens with two attached hydrogens (primary N) is 1. The van der Waals surface area contributed by atoms with Crippen LogP contribution >= 0.6 is 0 Å². The maximum absolute atomic E-state index is 11.0. The molecule has 1 unspecified atom stereocenters. The average Bonchev–Trinajstić information content (AvgIpc) is 2.28. The van der Waals surface area contributed by atoms with Crippen LogP contribution in [0.1, 0.15) is 12.5 Å². The third-order valence-corrected chi connectivity index (χ3v) is 3.41. The van der Waals surface area contributed by atoms with Gasteiger partial charge in [0.1, 0.15) is 6.61 Å². The van der Waals surface area contributed by atoms with Crippen molar-refractivity contribution >= 4 is 9.84 Å². The van der Waals surface area contributed by atoms with Crippen molar-refractivity contribution in [2.45, 2.75) is 19.4 Å². The standard InChI is InChI=1S/C13H21NO4S/c1-10(14)8-11-4-5-12(13(9-11)17-2)18-6-7-19(3,15)16/h4-5,9-10H,6-8,14H2,1-3H3. The maximum Gasteiger partial charge on any atom is 0.161 e. The lowest BCUT2D eigenvalue weighted by Crippen LogP contribution is -2.17. The summed E-state index contributed by atoms with van der Waals surface area (Å²) in [5, 5.41) is 0. The summed E-state index contributed by atoms with van der Waals surface area (Å²) in [4.78, 5) is 0. The lowest BCUT2D eigenvalue weighted by Gasteiger charge is -2.12. The van der Waals surface area contributed by atoms with Gasteiger partial charge in [-0.05, 0) is 31.0 Å². The first-order chi connectivity index (χ1) is 8.81. The third-order valence-electron chi connectivity index (χ3n) is 2.50. The molecule has 1 atom stereocenters. The zero-order valence-corrected chi connectivity index (χ0v) is 12.4. The maximum atomic E-state index is 11.0. The highest BCUT2D eigenvalue weighted by molar-refractivity contribution is 7.90. The van der Waals surface area contributed by atoms with Gasteiger partial charge in [0.2, 0.25) is 0 Å². The van der Waals surface area contributed by atoms with Crippen molar-refractivity contribution in [2.24, 2.45) is 5.73 Å². The Morgan fingerprint density at radius 2 is 2.00 bits per heavy atom. The monoisotopic (exact) mass is 287 g/mol. The Labute approximate surface area is 114 Å². The van der Waals surface area contributed by atoms with E-state index in [-0.39, 0.29) is 18.4 Å². The van der Waals surface area contributed by atoms with Crippen molar-refractivity contribution in [1.29, 1.82) is 0 Å². The lowest BCUT2D eigenvalue weighted by molar-refractivity contribution is 0.311. The van der Waals surface area contributed by atoms with E-state index in [4.69, 9.17) is 15.2 Å². The summed E-state index contributed by atoms with van der Waals surface area (Å²) in [6, 6.07) is 5.61. The number of hydrogen-bond donors (Lipinski definition) is 1. The number of methoxy groups -OCH3 is 1. The van der Waals surface area contributed by atoms with Crippen molar-refractivity contribution in [1.82, 2.24) is 0 Å². The van der Waals surface area contributed by atoms with Gasteiger partial charge in [0.15, 0.2) is 21.3 Å². The second-order valence-electron chi connectivity index (χ2n) is 4.64. The Balaban J connectivity index is 2.73. The molecule has 1 rings (SSSR count). The van der Waals surface area contributed by atoms with E-state index in [0.29, 0.717) is 11.5 Å². The Hall–Kier alpha value is -1.27. The molecule has 1 aromatic carbocycles. The van der Waals surface area contributed by atoms with E-state index in [1.165, 1.54) is 6.26 Å². The number of hydrogen-bond acceptors (Lipinski definition) is 5. The van der Waals surface area contributed by atoms with Crippen molar-refractivity contribution < 1.29 is 17.9 Å². The molecule has 2 N–H and O–H groups in total. The highest BCUT2D eigenvalue weighted by Crippen LogP contribution is 2.28. The molecule has 1 aromatic rings. The number of sulfone groups is 1. The molecule has 108 valence electrons. The highest BCUT2D eigenvalue weighted by atomic mass is 32.2. The molecule has 0 radical (unpaired) electrons. The van der Waals surface area contributed by atoms with Gasteiger partial charge in [-0.1, -0.05) is 6.07 Å². The molecular weight excluding hydrogens is 266 g/mol. The molecular formula is C13H21NO4S. The van der Waals surface area contributed by atoms with Gasteiger partial charge in [0.05, 0.1) is 12.9 Å². The topological polar surface area (TPSA) is 78.6 Å². The fourth-order valence-electron chi connectivity index (χ4n) is 1.63. The summed E-state index contributed by atoms with van der Waals surface area (Å²) in [5.74, 6) is 1.11. The predicted molar refractivity (Wildman–Crippen MR) is 75.6 cm³/mol. The summed E-state index contributed by atoms with van der Waals surface area (Å²) in [6.45, 7) is 2.05. The van der Waals surface area contributed by atoms with Gasteiger partial charge in [0.25, 0.3) is 0 Å². The fraction of sp³-hybridized carbons (Fsp3) is 0.538. The molecule has 0 heterocycles. The second-order valence-corrected chi connectivity index (χ2v) is 6.90. The van der Waals surface area contributed by atoms with Gasteiger partial charge < -0.3 is 15.2 Å². The van der Waals surface area contributed by atoms with Crippen LogP contribution in [0.25, 0.3) is 0 Å². The molecule has 0 aromatic heterocycles. The Kier molecular flexibility index (Phi) is 5.62. The van der Waals surface area contributed by atoms with Gasteiger partial charge in [-0.2, -0.15) is 0 Å². The van der Waals surface area contributed by atoms with E-state index in [0.717, 1.165) is 12.0 Å². The third kappa shape index (κ3) is 5.94. The minimum absolute atomic E-state index is 0.0161. The summed E-state index contributed by atoms with van der Waals surface area (Å²) in [5.41, 5.74) is 6.80. The molecule has 0 aliphatic heterocycles. The molecule has 19 heavy (non-hydrogen) atoms. The van der Waals surface area contributed by atoms with Crippen molar-refractivity contribution in [2.75, 3.05) is 25.7 Å². The van der Waals surface area contributed by atoms with Gasteiger partial charge in [-0.3, -0.25) is 0 Å². The summed E-state index contributed by atoms with van der Waals surface area (Å²) >= 11 is 0. The second kappa shape index (κ2) is 6.77. The lowest BCUT2D eigenvalue weighted by atomic mass is 10.1. The largest absolute Gasteiger partial charge is 0.493 e. The molecule has 0 saturated carbocycles. The first-order valence-electron chi connectivity index (χ1n) is 6.05. The summed E-state index contributed by atoms with van der Waals surface area (Å²) in [7, 11) is -1.47. The first kappa shape index (κ1) is 15.8. The smallest absolute Gasteiger partial charge is 0.161 e. The Morgan fingerprint density at radius 1 is 1.32 bits per heavy atom. The Morgan fingerprint density at radius 3 is 2.53 bits per heavy atom. The predicted octanol–water partition coefficient (Wildman–Crippen LogP) is 1.01. The van der Waals surface area contributed by atoms with Crippen LogP contribution in [0.2, 0.25) is 0 Å². The van der Waals surface area contributed by atoms with E-state index in [1.807, 2.05) is 19.1 Å². The van der Waals surface area contributed by atoms with Gasteiger partial charge >= 0.3 is 0 Å². The minimum Gasteiger partial charge on any atom is -0.493 e. The van der Waals surface area contributed by atoms with Crippen LogP contribution in [0.3, 0.4) is 0 Å². The molecule has 5 nitrogen and oxygen atoms in total. The molecule has 0 saturated heterocycles. The summed E-state index contributed by atoms with van der Waals surface area (Å²) < 4.78 is 32.7. The van der Waals surface area contributed by atoms with Crippen LogP contribution in [0.4, 0.5) is 0 Å². The Bertz CT molecular complexity index is 511. The highest BCUT2D eigenvalue weighted by Gasteiger charge is 2.09. The van der Waals surface area contributed by atoms with Gasteiger partial charge in [-0.15, -0.1) is 0 Å². The van der Waals surface area contributed by atoms with E-state index >= 15 is 0 Å². The molecule has 0 fully saturated rings. The molecule has 0 bridgehead atoms. The SMILES string of the molecule is COc1cc(CC(C)N)ccc1OCCS(C)(=O)=O. The van der Waals surface area contributed by atoms with Gasteiger partial charge in [-0.25, -0.2) is 8.42 Å². The van der Waals surface area contributed by atoms with Crippen LogP contribution < -0.4 is 15.2 Å². The van der Waals surface area contributed by atoms with Crippen LogP contribution in [0, 0.1) is 0 Å².